The van der Waals surface area contributed by atoms with Gasteiger partial charge < -0.3 is 5.32 Å². The molecule has 2 aromatic rings. The summed E-state index contributed by atoms with van der Waals surface area (Å²) in [5.74, 6) is -2.57. The van der Waals surface area contributed by atoms with Gasteiger partial charge >= 0.3 is 0 Å². The molecule has 1 amide bonds. The van der Waals surface area contributed by atoms with E-state index < -0.39 is 23.1 Å². The highest BCUT2D eigenvalue weighted by Crippen LogP contribution is 2.19. The van der Waals surface area contributed by atoms with Crippen LogP contribution >= 0.6 is 15.9 Å². The number of nitrogens with zero attached hydrogens (tertiary/aromatic N) is 2. The van der Waals surface area contributed by atoms with E-state index in [0.29, 0.717) is 6.42 Å². The summed E-state index contributed by atoms with van der Waals surface area (Å²) in [6.45, 7) is 0.255. The molecular weight excluding hydrogens is 332 g/mol. The van der Waals surface area contributed by atoms with Gasteiger partial charge in [0.25, 0.3) is 5.91 Å². The lowest BCUT2D eigenvalue weighted by molar-refractivity contribution is 0.0945. The lowest BCUT2D eigenvalue weighted by Crippen LogP contribution is -2.27. The zero-order chi connectivity index (χ0) is 14.7. The summed E-state index contributed by atoms with van der Waals surface area (Å²) in [5.41, 5.74) is 0.221. The van der Waals surface area contributed by atoms with Crippen LogP contribution in [0, 0.1) is 11.6 Å². The third-order valence-electron chi connectivity index (χ3n) is 2.67. The third-order valence-corrected chi connectivity index (χ3v) is 3.13. The molecule has 7 heteroatoms. The van der Waals surface area contributed by atoms with Crippen molar-refractivity contribution in [3.63, 3.8) is 0 Å². The van der Waals surface area contributed by atoms with Gasteiger partial charge in [-0.05, 0) is 18.2 Å². The molecule has 106 valence electrons. The molecule has 1 aromatic heterocycles. The lowest BCUT2D eigenvalue weighted by atomic mass is 10.2. The third kappa shape index (κ3) is 3.41. The summed E-state index contributed by atoms with van der Waals surface area (Å²) < 4.78 is 29.0. The van der Waals surface area contributed by atoms with Crippen molar-refractivity contribution in [3.8, 4) is 0 Å². The second-order valence-electron chi connectivity index (χ2n) is 4.23. The molecule has 0 aliphatic rings. The molecule has 0 radical (unpaired) electrons. The molecule has 0 bridgehead atoms. The zero-order valence-electron chi connectivity index (χ0n) is 10.7. The van der Waals surface area contributed by atoms with Gasteiger partial charge in [0.1, 0.15) is 17.2 Å². The molecule has 0 saturated heterocycles. The summed E-state index contributed by atoms with van der Waals surface area (Å²) in [5, 5.41) is 6.61. The Balaban J connectivity index is 1.98. The molecule has 1 N–H and O–H groups in total. The Morgan fingerprint density at radius 3 is 2.60 bits per heavy atom. The molecule has 0 spiro atoms. The largest absolute Gasteiger partial charge is 0.351 e. The first-order valence-corrected chi connectivity index (χ1v) is 6.68. The molecular formula is C13H12BrF2N3O. The fourth-order valence-corrected chi connectivity index (χ4v) is 2.15. The van der Waals surface area contributed by atoms with Gasteiger partial charge in [-0.25, -0.2) is 8.78 Å². The number of benzene rings is 1. The summed E-state index contributed by atoms with van der Waals surface area (Å²) in [6.07, 6.45) is 2.28. The molecule has 2 rings (SSSR count). The molecule has 4 nitrogen and oxygen atoms in total. The summed E-state index contributed by atoms with van der Waals surface area (Å²) in [7, 11) is 1.79. The number of hydrogen-bond donors (Lipinski definition) is 1. The van der Waals surface area contributed by atoms with Crippen LogP contribution < -0.4 is 5.32 Å². The van der Waals surface area contributed by atoms with Crippen LogP contribution in [0.15, 0.2) is 28.9 Å². The monoisotopic (exact) mass is 343 g/mol. The van der Waals surface area contributed by atoms with Gasteiger partial charge in [-0.15, -0.1) is 0 Å². The first-order chi connectivity index (χ1) is 9.47. The average Bonchev–Trinajstić information content (AvgIpc) is 2.73. The number of aromatic nitrogens is 2. The number of halogens is 3. The fraction of sp³-hybridized carbons (Fsp3) is 0.231. The van der Waals surface area contributed by atoms with Crippen LogP contribution in [-0.2, 0) is 13.5 Å². The molecule has 0 saturated carbocycles. The van der Waals surface area contributed by atoms with E-state index in [-0.39, 0.29) is 11.0 Å². The van der Waals surface area contributed by atoms with Crippen LogP contribution in [0.5, 0.6) is 0 Å². The van der Waals surface area contributed by atoms with Crippen molar-refractivity contribution in [1.82, 2.24) is 15.1 Å². The van der Waals surface area contributed by atoms with Crippen LogP contribution in [0.3, 0.4) is 0 Å². The number of hydrogen-bond acceptors (Lipinski definition) is 2. The predicted molar refractivity (Wildman–Crippen MR) is 73.3 cm³/mol. The van der Waals surface area contributed by atoms with Gasteiger partial charge in [-0.3, -0.25) is 9.48 Å². The van der Waals surface area contributed by atoms with Gasteiger partial charge in [0.2, 0.25) is 0 Å². The smallest absolute Gasteiger partial charge is 0.257 e. The maximum absolute atomic E-state index is 13.6. The first kappa shape index (κ1) is 14.6. The predicted octanol–water partition coefficient (Wildman–Crippen LogP) is 2.43. The average molecular weight is 344 g/mol. The second-order valence-corrected chi connectivity index (χ2v) is 5.15. The number of carbonyl (C=O) groups excluding carboxylic acids is 1. The molecule has 0 aliphatic carbocycles. The normalized spacial score (nSPS) is 10.6. The minimum absolute atomic E-state index is 0.248. The van der Waals surface area contributed by atoms with E-state index in [1.54, 1.807) is 17.9 Å². The maximum Gasteiger partial charge on any atom is 0.257 e. The molecule has 0 fully saturated rings. The van der Waals surface area contributed by atoms with E-state index in [0.717, 1.165) is 17.8 Å². The lowest BCUT2D eigenvalue weighted by Gasteiger charge is -2.07. The van der Waals surface area contributed by atoms with Crippen molar-refractivity contribution in [2.45, 2.75) is 6.42 Å². The Kier molecular flexibility index (Phi) is 4.49. The van der Waals surface area contributed by atoms with Gasteiger partial charge in [-0.2, -0.15) is 5.10 Å². The Hall–Kier alpha value is -1.76. The highest BCUT2D eigenvalue weighted by atomic mass is 79.9. The van der Waals surface area contributed by atoms with E-state index in [9.17, 15) is 13.6 Å². The maximum atomic E-state index is 13.6. The van der Waals surface area contributed by atoms with Crippen LogP contribution in [0.1, 0.15) is 16.1 Å². The van der Waals surface area contributed by atoms with E-state index >= 15 is 0 Å². The first-order valence-electron chi connectivity index (χ1n) is 5.88. The molecule has 20 heavy (non-hydrogen) atoms. The van der Waals surface area contributed by atoms with Crippen molar-refractivity contribution < 1.29 is 13.6 Å². The van der Waals surface area contributed by atoms with E-state index in [1.807, 2.05) is 6.07 Å². The zero-order valence-corrected chi connectivity index (χ0v) is 12.2. The standard InChI is InChI=1S/C13H12BrF2N3O/c1-19-5-3-9(18-19)2-4-17-13(20)12-10(15)6-8(14)7-11(12)16/h3,5-7H,2,4H2,1H3,(H,17,20). The van der Waals surface area contributed by atoms with E-state index in [4.69, 9.17) is 0 Å². The van der Waals surface area contributed by atoms with E-state index in [2.05, 4.69) is 26.3 Å². The van der Waals surface area contributed by atoms with Gasteiger partial charge in [0.05, 0.1) is 5.69 Å². The van der Waals surface area contributed by atoms with Crippen molar-refractivity contribution in [1.29, 1.82) is 0 Å². The topological polar surface area (TPSA) is 46.9 Å². The van der Waals surface area contributed by atoms with Crippen molar-refractivity contribution >= 4 is 21.8 Å². The Labute approximate surface area is 122 Å². The van der Waals surface area contributed by atoms with E-state index in [1.165, 1.54) is 0 Å². The SMILES string of the molecule is Cn1ccc(CCNC(=O)c2c(F)cc(Br)cc2F)n1. The number of nitrogens with one attached hydrogen (secondary N) is 1. The number of amides is 1. The molecule has 0 unspecified atom stereocenters. The summed E-state index contributed by atoms with van der Waals surface area (Å²) in [6, 6.07) is 3.92. The van der Waals surface area contributed by atoms with Crippen LogP contribution in [0.2, 0.25) is 0 Å². The quantitative estimate of drug-likeness (QED) is 0.926. The van der Waals surface area contributed by atoms with Crippen molar-refractivity contribution in [2.24, 2.45) is 7.05 Å². The molecule has 0 atom stereocenters. The van der Waals surface area contributed by atoms with Gasteiger partial charge in [0, 0.05) is 30.7 Å². The van der Waals surface area contributed by atoms with Gasteiger partial charge in [0.15, 0.2) is 0 Å². The van der Waals surface area contributed by atoms with Crippen LogP contribution in [0.25, 0.3) is 0 Å². The summed E-state index contributed by atoms with van der Waals surface area (Å²) >= 11 is 2.96. The minimum atomic E-state index is -0.896. The number of aryl methyl sites for hydroxylation is 1. The summed E-state index contributed by atoms with van der Waals surface area (Å²) in [4.78, 5) is 11.8. The molecule has 1 heterocycles. The van der Waals surface area contributed by atoms with Crippen LogP contribution in [0.4, 0.5) is 8.78 Å². The second kappa shape index (κ2) is 6.13. The number of rotatable bonds is 4. The molecule has 1 aromatic carbocycles. The highest BCUT2D eigenvalue weighted by molar-refractivity contribution is 9.10. The minimum Gasteiger partial charge on any atom is -0.351 e. The van der Waals surface area contributed by atoms with Crippen molar-refractivity contribution in [3.05, 3.63) is 51.8 Å². The number of carbonyl (C=O) groups is 1. The fourth-order valence-electron chi connectivity index (χ4n) is 1.75. The van der Waals surface area contributed by atoms with Gasteiger partial charge in [-0.1, -0.05) is 15.9 Å². The Morgan fingerprint density at radius 2 is 2.05 bits per heavy atom. The van der Waals surface area contributed by atoms with Crippen molar-refractivity contribution in [2.75, 3.05) is 6.54 Å². The molecule has 0 aliphatic heterocycles. The Morgan fingerprint density at radius 1 is 1.40 bits per heavy atom. The van der Waals surface area contributed by atoms with Crippen LogP contribution in [-0.4, -0.2) is 22.2 Å². The highest BCUT2D eigenvalue weighted by Gasteiger charge is 2.17. The Bertz CT molecular complexity index is 619.